The zero-order valence-corrected chi connectivity index (χ0v) is 28.4. The van der Waals surface area contributed by atoms with Gasteiger partial charge in [0.2, 0.25) is 0 Å². The molecule has 0 atom stereocenters. The van der Waals surface area contributed by atoms with E-state index in [0.29, 0.717) is 0 Å². The predicted molar refractivity (Wildman–Crippen MR) is 189 cm³/mol. The second-order valence-corrected chi connectivity index (χ2v) is 11.1. The Morgan fingerprint density at radius 1 is 0.646 bits per heavy atom. The topological polar surface area (TPSA) is 56.7 Å². The van der Waals surface area contributed by atoms with E-state index in [-0.39, 0.29) is 20.1 Å². The van der Waals surface area contributed by atoms with Crippen LogP contribution in [0.2, 0.25) is 0 Å². The number of fused-ring (bicyclic) bond motifs is 4. The van der Waals surface area contributed by atoms with Crippen LogP contribution in [0.5, 0.6) is 0 Å². The number of hydrogen-bond donors (Lipinski definition) is 0. The fourth-order valence-corrected chi connectivity index (χ4v) is 5.93. The molecule has 233 valence electrons. The number of imidazole rings is 1. The van der Waals surface area contributed by atoms with Crippen LogP contribution in [0.1, 0.15) is 5.69 Å². The number of para-hydroxylation sites is 1. The number of pyridine rings is 2. The van der Waals surface area contributed by atoms with E-state index >= 15 is 0 Å². The largest absolute Gasteiger partial charge is 0.501 e. The second kappa shape index (κ2) is 13.6. The summed E-state index contributed by atoms with van der Waals surface area (Å²) in [4.78, 5) is 13.7. The van der Waals surface area contributed by atoms with Crippen LogP contribution in [0.15, 0.2) is 156 Å². The number of hydrogen-bond acceptors (Lipinski definition) is 4. The first-order valence-corrected chi connectivity index (χ1v) is 15.4. The number of aromatic nitrogens is 4. The molecular weight excluding hydrogens is 769 g/mol. The van der Waals surface area contributed by atoms with Crippen molar-refractivity contribution in [3.63, 3.8) is 0 Å². The first-order chi connectivity index (χ1) is 23.2. The molecule has 9 aromatic rings. The van der Waals surface area contributed by atoms with Gasteiger partial charge in [0, 0.05) is 43.6 Å². The molecule has 0 spiro atoms. The van der Waals surface area contributed by atoms with Gasteiger partial charge in [-0.15, -0.1) is 54.1 Å². The van der Waals surface area contributed by atoms with Crippen LogP contribution < -0.4 is 0 Å². The van der Waals surface area contributed by atoms with Crippen LogP contribution in [0.3, 0.4) is 0 Å². The molecule has 4 aromatic heterocycles. The monoisotopic (exact) mass is 797 g/mol. The molecule has 5 aromatic carbocycles. The summed E-state index contributed by atoms with van der Waals surface area (Å²) in [5, 5.41) is 2.13. The number of aryl methyl sites for hydroxylation is 1. The molecule has 5 nitrogen and oxygen atoms in total. The van der Waals surface area contributed by atoms with Crippen LogP contribution in [-0.2, 0) is 20.1 Å². The summed E-state index contributed by atoms with van der Waals surface area (Å²) in [5.41, 5.74) is 10.6. The van der Waals surface area contributed by atoms with Gasteiger partial charge in [-0.3, -0.25) is 9.97 Å². The van der Waals surface area contributed by atoms with Gasteiger partial charge in [-0.25, -0.2) is 0 Å². The van der Waals surface area contributed by atoms with Gasteiger partial charge in [0.05, 0.1) is 28.1 Å². The fourth-order valence-electron chi connectivity index (χ4n) is 5.93. The van der Waals surface area contributed by atoms with Crippen LogP contribution in [-0.4, -0.2) is 19.5 Å². The molecular formula is C42H28IrN4O-2. The van der Waals surface area contributed by atoms with Crippen molar-refractivity contribution in [2.45, 2.75) is 6.92 Å². The van der Waals surface area contributed by atoms with E-state index in [9.17, 15) is 0 Å². The molecule has 0 aliphatic rings. The van der Waals surface area contributed by atoms with Gasteiger partial charge in [0.15, 0.2) is 0 Å². The third-order valence-corrected chi connectivity index (χ3v) is 8.18. The third-order valence-electron chi connectivity index (χ3n) is 8.18. The van der Waals surface area contributed by atoms with Gasteiger partial charge in [0.25, 0.3) is 0 Å². The van der Waals surface area contributed by atoms with Crippen molar-refractivity contribution in [3.8, 4) is 39.5 Å². The summed E-state index contributed by atoms with van der Waals surface area (Å²) in [7, 11) is 0. The Hall–Kier alpha value is -5.68. The Bertz CT molecular complexity index is 2420. The first-order valence-electron chi connectivity index (χ1n) is 15.4. The van der Waals surface area contributed by atoms with E-state index in [2.05, 4.69) is 87.3 Å². The zero-order chi connectivity index (χ0) is 31.6. The van der Waals surface area contributed by atoms with E-state index in [1.54, 1.807) is 6.20 Å². The van der Waals surface area contributed by atoms with Crippen LogP contribution in [0.25, 0.3) is 72.4 Å². The van der Waals surface area contributed by atoms with Gasteiger partial charge < -0.3 is 14.0 Å². The molecule has 9 rings (SSSR count). The minimum atomic E-state index is 0. The Morgan fingerprint density at radius 3 is 2.21 bits per heavy atom. The maximum absolute atomic E-state index is 6.52. The molecule has 0 aliphatic heterocycles. The average Bonchev–Trinajstić information content (AvgIpc) is 3.73. The molecule has 0 saturated heterocycles. The smallest absolute Gasteiger partial charge is 0.121 e. The molecule has 0 aliphatic carbocycles. The Kier molecular flexibility index (Phi) is 8.76. The number of furan rings is 1. The van der Waals surface area contributed by atoms with Crippen molar-refractivity contribution < 1.29 is 24.5 Å². The van der Waals surface area contributed by atoms with E-state index in [4.69, 9.17) is 9.40 Å². The second-order valence-electron chi connectivity index (χ2n) is 11.1. The summed E-state index contributed by atoms with van der Waals surface area (Å²) in [6, 6.07) is 53.3. The Balaban J connectivity index is 0.000000237. The van der Waals surface area contributed by atoms with Crippen LogP contribution in [0, 0.1) is 19.1 Å². The molecule has 0 unspecified atom stereocenters. The summed E-state index contributed by atoms with van der Waals surface area (Å²) in [5.74, 6) is 0.787. The van der Waals surface area contributed by atoms with Gasteiger partial charge in [-0.2, -0.15) is 0 Å². The summed E-state index contributed by atoms with van der Waals surface area (Å²) < 4.78 is 8.68. The maximum Gasteiger partial charge on any atom is 0.121 e. The first kappa shape index (κ1) is 30.9. The SMILES string of the molecule is Cc1nccc2c1nc(-c1[c-]ccc3c1oc1cc(-c4ccccc4)ccc13)n2-c1ccccc1.[Ir].[c-]1ccccc1-c1ccccn1. The van der Waals surface area contributed by atoms with Crippen molar-refractivity contribution >= 4 is 33.0 Å². The zero-order valence-electron chi connectivity index (χ0n) is 26.0. The molecule has 0 saturated carbocycles. The number of benzene rings is 5. The Morgan fingerprint density at radius 2 is 1.44 bits per heavy atom. The minimum Gasteiger partial charge on any atom is -0.501 e. The normalized spacial score (nSPS) is 10.9. The van der Waals surface area contributed by atoms with Crippen molar-refractivity contribution in [2.75, 3.05) is 0 Å². The molecule has 48 heavy (non-hydrogen) atoms. The summed E-state index contributed by atoms with van der Waals surface area (Å²) in [6.45, 7) is 1.99. The average molecular weight is 797 g/mol. The minimum absolute atomic E-state index is 0. The third kappa shape index (κ3) is 5.84. The molecule has 0 amide bonds. The molecule has 0 fully saturated rings. The Labute approximate surface area is 291 Å². The van der Waals surface area contributed by atoms with Crippen LogP contribution >= 0.6 is 0 Å². The van der Waals surface area contributed by atoms with Crippen molar-refractivity contribution in [2.24, 2.45) is 0 Å². The van der Waals surface area contributed by atoms with Gasteiger partial charge in [-0.1, -0.05) is 83.7 Å². The summed E-state index contributed by atoms with van der Waals surface area (Å²) in [6.07, 6.45) is 3.62. The van der Waals surface area contributed by atoms with Crippen molar-refractivity contribution in [3.05, 3.63) is 170 Å². The maximum atomic E-state index is 6.52. The van der Waals surface area contributed by atoms with Crippen molar-refractivity contribution in [1.29, 1.82) is 0 Å². The van der Waals surface area contributed by atoms with Gasteiger partial charge in [0.1, 0.15) is 5.58 Å². The number of rotatable bonds is 4. The fraction of sp³-hybridized carbons (Fsp3) is 0.0238. The predicted octanol–water partition coefficient (Wildman–Crippen LogP) is 10.3. The van der Waals surface area contributed by atoms with E-state index < -0.39 is 0 Å². The molecule has 4 heterocycles. The van der Waals surface area contributed by atoms with Gasteiger partial charge >= 0.3 is 0 Å². The summed E-state index contributed by atoms with van der Waals surface area (Å²) >= 11 is 0. The number of nitrogens with zero attached hydrogens (tertiary/aromatic N) is 4. The molecule has 6 heteroatoms. The van der Waals surface area contributed by atoms with E-state index in [0.717, 1.165) is 78.1 Å². The van der Waals surface area contributed by atoms with E-state index in [1.807, 2.05) is 92.0 Å². The molecule has 1 radical (unpaired) electrons. The van der Waals surface area contributed by atoms with Gasteiger partial charge in [-0.05, 0) is 54.1 Å². The molecule has 0 bridgehead atoms. The molecule has 0 N–H and O–H groups in total. The van der Waals surface area contributed by atoms with E-state index in [1.165, 1.54) is 0 Å². The van der Waals surface area contributed by atoms with Crippen molar-refractivity contribution in [1.82, 2.24) is 19.5 Å². The van der Waals surface area contributed by atoms with Crippen LogP contribution in [0.4, 0.5) is 0 Å². The quantitative estimate of drug-likeness (QED) is 0.167. The standard InChI is InChI=1S/C31H20N3O.C11H8N.Ir/c1-20-29-27(17-18-32-20)34(23-11-6-3-7-12-23)31(33-29)26-14-8-13-25-24-16-15-22(19-28(24)35-30(25)26)21-9-4-2-5-10-21;1-2-6-10(7-3-1)11-8-4-5-9-12-11;/h2-13,15-19H,1H3;1-6,8-9H;/q2*-1;.